The third kappa shape index (κ3) is 3.06. The summed E-state index contributed by atoms with van der Waals surface area (Å²) in [5, 5.41) is 12.2. The van der Waals surface area contributed by atoms with Crippen molar-refractivity contribution in [1.82, 2.24) is 9.29 Å². The van der Waals surface area contributed by atoms with E-state index >= 15 is 0 Å². The Balaban J connectivity index is 2.20. The number of aliphatic hydroxyl groups is 1. The number of sulfonamides is 1. The molecule has 0 radical (unpaired) electrons. The van der Waals surface area contributed by atoms with Gasteiger partial charge >= 0.3 is 0 Å². The highest BCUT2D eigenvalue weighted by molar-refractivity contribution is 7.89. The molecule has 1 aliphatic heterocycles. The Hall–Kier alpha value is -0.890. The summed E-state index contributed by atoms with van der Waals surface area (Å²) in [7, 11) is -1.90. The summed E-state index contributed by atoms with van der Waals surface area (Å²) in [4.78, 5) is 4.10. The van der Waals surface area contributed by atoms with Crippen LogP contribution in [0.25, 0.3) is 0 Å². The maximum absolute atomic E-state index is 12.5. The highest BCUT2D eigenvalue weighted by atomic mass is 35.5. The molecule has 20 heavy (non-hydrogen) atoms. The third-order valence-electron chi connectivity index (χ3n) is 3.52. The van der Waals surface area contributed by atoms with E-state index in [1.54, 1.807) is 7.05 Å². The Morgan fingerprint density at radius 2 is 2.15 bits per heavy atom. The first-order valence-electron chi connectivity index (χ1n) is 6.43. The normalized spacial score (nSPS) is 18.1. The van der Waals surface area contributed by atoms with Gasteiger partial charge in [-0.1, -0.05) is 11.6 Å². The molecule has 0 saturated carbocycles. The van der Waals surface area contributed by atoms with Gasteiger partial charge in [-0.25, -0.2) is 13.4 Å². The Labute approximate surface area is 123 Å². The van der Waals surface area contributed by atoms with E-state index in [1.807, 2.05) is 0 Å². The number of nitrogens with zero attached hydrogens (tertiary/aromatic N) is 2. The van der Waals surface area contributed by atoms with Gasteiger partial charge in [0.2, 0.25) is 10.0 Å². The van der Waals surface area contributed by atoms with Crippen LogP contribution in [0.2, 0.25) is 5.02 Å². The molecular weight excluding hydrogens is 302 g/mol. The summed E-state index contributed by atoms with van der Waals surface area (Å²) in [5.74, 6) is 0.638. The zero-order chi connectivity index (χ0) is 14.8. The van der Waals surface area contributed by atoms with Crippen molar-refractivity contribution in [2.24, 2.45) is 5.92 Å². The molecule has 1 saturated heterocycles. The van der Waals surface area contributed by atoms with Crippen LogP contribution in [0.3, 0.4) is 0 Å². The quantitative estimate of drug-likeness (QED) is 0.870. The molecule has 2 N–H and O–H groups in total. The van der Waals surface area contributed by atoms with Crippen molar-refractivity contribution in [3.05, 3.63) is 17.3 Å². The van der Waals surface area contributed by atoms with Gasteiger partial charge in [0.05, 0.1) is 5.02 Å². The summed E-state index contributed by atoms with van der Waals surface area (Å²) in [6, 6.07) is 1.41. The predicted octanol–water partition coefficient (Wildman–Crippen LogP) is 1.17. The minimum Gasteiger partial charge on any atom is -0.396 e. The van der Waals surface area contributed by atoms with Crippen molar-refractivity contribution in [1.29, 1.82) is 0 Å². The van der Waals surface area contributed by atoms with E-state index in [4.69, 9.17) is 16.7 Å². The molecule has 1 aromatic rings. The zero-order valence-electron chi connectivity index (χ0n) is 11.2. The lowest BCUT2D eigenvalue weighted by atomic mass is 10.00. The molecule has 0 aliphatic carbocycles. The summed E-state index contributed by atoms with van der Waals surface area (Å²) in [5.41, 5.74) is 0. The average Bonchev–Trinajstić information content (AvgIpc) is 2.47. The van der Waals surface area contributed by atoms with Crippen molar-refractivity contribution in [3.63, 3.8) is 0 Å². The van der Waals surface area contributed by atoms with E-state index in [-0.39, 0.29) is 22.4 Å². The number of pyridine rings is 1. The highest BCUT2D eigenvalue weighted by Gasteiger charge is 2.29. The summed E-state index contributed by atoms with van der Waals surface area (Å²) in [6.07, 6.45) is 2.65. The molecule has 0 amide bonds. The Kier molecular flexibility index (Phi) is 4.85. The second kappa shape index (κ2) is 6.26. The van der Waals surface area contributed by atoms with Crippen molar-refractivity contribution in [2.75, 3.05) is 32.1 Å². The fourth-order valence-electron chi connectivity index (χ4n) is 2.23. The molecule has 0 unspecified atom stereocenters. The number of nitrogens with one attached hydrogen (secondary N) is 1. The minimum atomic E-state index is -3.56. The molecule has 8 heteroatoms. The maximum Gasteiger partial charge on any atom is 0.244 e. The molecule has 1 aromatic heterocycles. The van der Waals surface area contributed by atoms with Crippen LogP contribution >= 0.6 is 11.6 Å². The molecule has 0 spiro atoms. The van der Waals surface area contributed by atoms with E-state index in [0.717, 1.165) is 0 Å². The number of halogens is 1. The van der Waals surface area contributed by atoms with Gasteiger partial charge in [-0.3, -0.25) is 0 Å². The highest BCUT2D eigenvalue weighted by Crippen LogP contribution is 2.27. The van der Waals surface area contributed by atoms with Crippen molar-refractivity contribution in [3.8, 4) is 0 Å². The monoisotopic (exact) mass is 319 g/mol. The van der Waals surface area contributed by atoms with Crippen molar-refractivity contribution >= 4 is 27.4 Å². The number of aliphatic hydroxyl groups excluding tert-OH is 1. The molecule has 6 nitrogen and oxygen atoms in total. The summed E-state index contributed by atoms with van der Waals surface area (Å²) in [6.45, 7) is 0.941. The van der Waals surface area contributed by atoms with Gasteiger partial charge in [-0.05, 0) is 24.8 Å². The second-order valence-electron chi connectivity index (χ2n) is 4.78. The first-order valence-corrected chi connectivity index (χ1v) is 8.25. The SMILES string of the molecule is CNc1ncc(S(=O)(=O)N2CCC(CO)CC2)cc1Cl. The average molecular weight is 320 g/mol. The first-order chi connectivity index (χ1) is 9.48. The number of rotatable bonds is 4. The van der Waals surface area contributed by atoms with E-state index < -0.39 is 10.0 Å². The second-order valence-corrected chi connectivity index (χ2v) is 7.13. The van der Waals surface area contributed by atoms with Gasteiger partial charge in [0.1, 0.15) is 10.7 Å². The van der Waals surface area contributed by atoms with Gasteiger partial charge < -0.3 is 10.4 Å². The van der Waals surface area contributed by atoms with Crippen molar-refractivity contribution < 1.29 is 13.5 Å². The molecule has 2 rings (SSSR count). The van der Waals surface area contributed by atoms with Gasteiger partial charge in [0, 0.05) is 32.9 Å². The van der Waals surface area contributed by atoms with Crippen LogP contribution in [0.5, 0.6) is 0 Å². The van der Waals surface area contributed by atoms with E-state index in [1.165, 1.54) is 16.6 Å². The number of aromatic nitrogens is 1. The number of hydrogen-bond donors (Lipinski definition) is 2. The molecule has 2 heterocycles. The Morgan fingerprint density at radius 3 is 2.65 bits per heavy atom. The van der Waals surface area contributed by atoms with Gasteiger partial charge in [-0.15, -0.1) is 0 Å². The lowest BCUT2D eigenvalue weighted by molar-refractivity contribution is 0.170. The van der Waals surface area contributed by atoms with Gasteiger partial charge in [0.15, 0.2) is 0 Å². The number of anilines is 1. The van der Waals surface area contributed by atoms with Crippen LogP contribution in [-0.2, 0) is 10.0 Å². The fourth-order valence-corrected chi connectivity index (χ4v) is 3.99. The van der Waals surface area contributed by atoms with Crippen LogP contribution in [0, 0.1) is 5.92 Å². The molecule has 0 aromatic carbocycles. The standard InChI is InChI=1S/C12H18ClN3O3S/c1-14-12-11(13)6-10(7-15-12)20(18,19)16-4-2-9(8-17)3-5-16/h6-7,9,17H,2-5,8H2,1H3,(H,14,15). The molecule has 1 fully saturated rings. The first kappa shape index (κ1) is 15.5. The van der Waals surface area contributed by atoms with Gasteiger partial charge in [0.25, 0.3) is 0 Å². The Bertz CT molecular complexity index is 571. The molecular formula is C12H18ClN3O3S. The third-order valence-corrected chi connectivity index (χ3v) is 5.67. The topological polar surface area (TPSA) is 82.5 Å². The van der Waals surface area contributed by atoms with Crippen molar-refractivity contribution in [2.45, 2.75) is 17.7 Å². The number of piperidine rings is 1. The molecule has 0 bridgehead atoms. The van der Waals surface area contributed by atoms with E-state index in [0.29, 0.717) is 31.7 Å². The van der Waals surface area contributed by atoms with Gasteiger partial charge in [-0.2, -0.15) is 4.31 Å². The largest absolute Gasteiger partial charge is 0.396 e. The summed E-state index contributed by atoms with van der Waals surface area (Å²) >= 11 is 5.98. The molecule has 0 atom stereocenters. The number of hydrogen-bond acceptors (Lipinski definition) is 5. The smallest absolute Gasteiger partial charge is 0.244 e. The van der Waals surface area contributed by atoms with E-state index in [2.05, 4.69) is 10.3 Å². The van der Waals surface area contributed by atoms with E-state index in [9.17, 15) is 8.42 Å². The maximum atomic E-state index is 12.5. The lowest BCUT2D eigenvalue weighted by Gasteiger charge is -2.30. The van der Waals surface area contributed by atoms with Crippen LogP contribution in [0.4, 0.5) is 5.82 Å². The minimum absolute atomic E-state index is 0.101. The lowest BCUT2D eigenvalue weighted by Crippen LogP contribution is -2.39. The van der Waals surface area contributed by atoms with Crippen LogP contribution in [-0.4, -0.2) is 49.6 Å². The van der Waals surface area contributed by atoms with Crippen LogP contribution < -0.4 is 5.32 Å². The summed E-state index contributed by atoms with van der Waals surface area (Å²) < 4.78 is 26.4. The Morgan fingerprint density at radius 1 is 1.50 bits per heavy atom. The predicted molar refractivity (Wildman–Crippen MR) is 77.4 cm³/mol. The molecule has 1 aliphatic rings. The van der Waals surface area contributed by atoms with Crippen LogP contribution in [0.15, 0.2) is 17.2 Å². The molecule has 112 valence electrons. The van der Waals surface area contributed by atoms with Crippen LogP contribution in [0.1, 0.15) is 12.8 Å². The fraction of sp³-hybridized carbons (Fsp3) is 0.583. The zero-order valence-corrected chi connectivity index (χ0v) is 12.8.